The Balaban J connectivity index is 1.67. The van der Waals surface area contributed by atoms with Crippen molar-refractivity contribution in [1.29, 1.82) is 0 Å². The summed E-state index contributed by atoms with van der Waals surface area (Å²) in [4.78, 5) is 29.5. The van der Waals surface area contributed by atoms with Gasteiger partial charge in [-0.3, -0.25) is 4.79 Å². The van der Waals surface area contributed by atoms with E-state index in [-0.39, 0.29) is 24.5 Å². The third-order valence-electron chi connectivity index (χ3n) is 5.61. The summed E-state index contributed by atoms with van der Waals surface area (Å²) >= 11 is 0. The highest BCUT2D eigenvalue weighted by Gasteiger charge is 2.24. The van der Waals surface area contributed by atoms with Crippen molar-refractivity contribution < 1.29 is 18.7 Å². The first-order valence-electron chi connectivity index (χ1n) is 11.0. The summed E-state index contributed by atoms with van der Waals surface area (Å²) in [5.74, 6) is 0.578. The normalized spacial score (nSPS) is 14.2. The average Bonchev–Trinajstić information content (AvgIpc) is 3.30. The van der Waals surface area contributed by atoms with E-state index in [0.717, 1.165) is 31.2 Å². The van der Waals surface area contributed by atoms with Crippen molar-refractivity contribution in [3.8, 4) is 0 Å². The van der Waals surface area contributed by atoms with Gasteiger partial charge in [-0.25, -0.2) is 4.79 Å². The lowest BCUT2D eigenvalue weighted by Gasteiger charge is -2.30. The molecule has 3 rings (SSSR count). The minimum absolute atomic E-state index is 0.00451. The van der Waals surface area contributed by atoms with Gasteiger partial charge in [0, 0.05) is 26.2 Å². The third kappa shape index (κ3) is 7.43. The molecule has 0 aliphatic heterocycles. The summed E-state index contributed by atoms with van der Waals surface area (Å²) < 4.78 is 10.6. The van der Waals surface area contributed by atoms with Crippen LogP contribution in [0.15, 0.2) is 53.1 Å². The SMILES string of the molecule is COCCN(CC(=O)N(Cc1ccccc1)Cc1ccco1)C(=O)NC1CCCCC1. The van der Waals surface area contributed by atoms with Gasteiger partial charge in [-0.1, -0.05) is 49.6 Å². The molecule has 7 nitrogen and oxygen atoms in total. The van der Waals surface area contributed by atoms with Crippen LogP contribution in [-0.4, -0.2) is 54.6 Å². The number of rotatable bonds is 10. The molecule has 0 radical (unpaired) electrons. The van der Waals surface area contributed by atoms with E-state index in [1.165, 1.54) is 6.42 Å². The second kappa shape index (κ2) is 12.2. The molecule has 1 aliphatic carbocycles. The van der Waals surface area contributed by atoms with Gasteiger partial charge < -0.3 is 24.3 Å². The standard InChI is InChI=1S/C24H33N3O4/c1-30-16-14-26(24(29)25-21-11-6-3-7-12-21)19-23(28)27(18-22-13-8-15-31-22)17-20-9-4-2-5-10-20/h2,4-5,8-10,13,15,21H,3,6-7,11-12,14,16-19H2,1H3,(H,25,29). The Kier molecular flexibility index (Phi) is 8.97. The molecule has 2 aromatic rings. The molecule has 1 aromatic carbocycles. The third-order valence-corrected chi connectivity index (χ3v) is 5.61. The highest BCUT2D eigenvalue weighted by Crippen LogP contribution is 2.18. The monoisotopic (exact) mass is 427 g/mol. The van der Waals surface area contributed by atoms with Gasteiger partial charge in [-0.2, -0.15) is 0 Å². The number of carbonyl (C=O) groups is 2. The molecular formula is C24H33N3O4. The van der Waals surface area contributed by atoms with Crippen LogP contribution < -0.4 is 5.32 Å². The largest absolute Gasteiger partial charge is 0.467 e. The van der Waals surface area contributed by atoms with E-state index in [1.54, 1.807) is 23.2 Å². The van der Waals surface area contributed by atoms with Crippen molar-refractivity contribution in [3.05, 3.63) is 60.1 Å². The maximum absolute atomic E-state index is 13.3. The minimum atomic E-state index is -0.199. The summed E-state index contributed by atoms with van der Waals surface area (Å²) in [5, 5.41) is 3.11. The van der Waals surface area contributed by atoms with Crippen LogP contribution in [0.25, 0.3) is 0 Å². The van der Waals surface area contributed by atoms with Gasteiger partial charge in [-0.05, 0) is 30.5 Å². The van der Waals surface area contributed by atoms with Gasteiger partial charge in [-0.15, -0.1) is 0 Å². The number of ether oxygens (including phenoxy) is 1. The predicted molar refractivity (Wildman–Crippen MR) is 118 cm³/mol. The first-order chi connectivity index (χ1) is 15.2. The molecule has 1 heterocycles. The zero-order valence-corrected chi connectivity index (χ0v) is 18.3. The van der Waals surface area contributed by atoms with Gasteiger partial charge in [0.1, 0.15) is 12.3 Å². The van der Waals surface area contributed by atoms with E-state index in [0.29, 0.717) is 32.0 Å². The molecule has 168 valence electrons. The van der Waals surface area contributed by atoms with E-state index in [4.69, 9.17) is 9.15 Å². The van der Waals surface area contributed by atoms with E-state index in [2.05, 4.69) is 5.32 Å². The maximum Gasteiger partial charge on any atom is 0.318 e. The zero-order valence-electron chi connectivity index (χ0n) is 18.3. The van der Waals surface area contributed by atoms with Crippen LogP contribution in [0.3, 0.4) is 0 Å². The van der Waals surface area contributed by atoms with Crippen LogP contribution in [0.4, 0.5) is 4.79 Å². The summed E-state index contributed by atoms with van der Waals surface area (Å²) in [5.41, 5.74) is 1.03. The van der Waals surface area contributed by atoms with Crippen LogP contribution in [0, 0.1) is 0 Å². The lowest BCUT2D eigenvalue weighted by Crippen LogP contribution is -2.50. The Hall–Kier alpha value is -2.80. The minimum Gasteiger partial charge on any atom is -0.467 e. The molecule has 1 aromatic heterocycles. The van der Waals surface area contributed by atoms with Gasteiger partial charge in [0.25, 0.3) is 0 Å². The fourth-order valence-corrected chi connectivity index (χ4v) is 3.86. The van der Waals surface area contributed by atoms with E-state index in [9.17, 15) is 9.59 Å². The number of carbonyl (C=O) groups excluding carboxylic acids is 2. The Morgan fingerprint density at radius 3 is 2.48 bits per heavy atom. The Bertz CT molecular complexity index is 788. The second-order valence-electron chi connectivity index (χ2n) is 8.01. The highest BCUT2D eigenvalue weighted by atomic mass is 16.5. The van der Waals surface area contributed by atoms with Crippen molar-refractivity contribution >= 4 is 11.9 Å². The fraction of sp³-hybridized carbons (Fsp3) is 0.500. The number of furan rings is 1. The smallest absolute Gasteiger partial charge is 0.318 e. The molecular weight excluding hydrogens is 394 g/mol. The van der Waals surface area contributed by atoms with Crippen LogP contribution in [0.2, 0.25) is 0 Å². The molecule has 1 saturated carbocycles. The Morgan fingerprint density at radius 2 is 1.81 bits per heavy atom. The zero-order chi connectivity index (χ0) is 21.9. The van der Waals surface area contributed by atoms with Crippen molar-refractivity contribution in [2.75, 3.05) is 26.8 Å². The summed E-state index contributed by atoms with van der Waals surface area (Å²) in [6.07, 6.45) is 7.08. The lowest BCUT2D eigenvalue weighted by molar-refractivity contribution is -0.133. The van der Waals surface area contributed by atoms with E-state index >= 15 is 0 Å². The quantitative estimate of drug-likeness (QED) is 0.626. The van der Waals surface area contributed by atoms with Crippen LogP contribution in [-0.2, 0) is 22.6 Å². The average molecular weight is 428 g/mol. The maximum atomic E-state index is 13.3. The van der Waals surface area contributed by atoms with Crippen molar-refractivity contribution in [2.24, 2.45) is 0 Å². The topological polar surface area (TPSA) is 75.0 Å². The summed E-state index contributed by atoms with van der Waals surface area (Å²) in [7, 11) is 1.59. The van der Waals surface area contributed by atoms with Gasteiger partial charge in [0.05, 0.1) is 19.4 Å². The molecule has 0 bridgehead atoms. The number of benzene rings is 1. The van der Waals surface area contributed by atoms with Gasteiger partial charge in [0.15, 0.2) is 0 Å². The Labute approximate surface area is 184 Å². The van der Waals surface area contributed by atoms with Crippen LogP contribution in [0.5, 0.6) is 0 Å². The summed E-state index contributed by atoms with van der Waals surface area (Å²) in [6, 6.07) is 13.5. The second-order valence-corrected chi connectivity index (χ2v) is 8.01. The number of hydrogen-bond acceptors (Lipinski definition) is 4. The highest BCUT2D eigenvalue weighted by molar-refractivity contribution is 5.84. The van der Waals surface area contributed by atoms with E-state index < -0.39 is 0 Å². The number of methoxy groups -OCH3 is 1. The molecule has 3 amide bonds. The number of hydrogen-bond donors (Lipinski definition) is 1. The molecule has 7 heteroatoms. The van der Waals surface area contributed by atoms with Crippen molar-refractivity contribution in [1.82, 2.24) is 15.1 Å². The molecule has 0 atom stereocenters. The first kappa shape index (κ1) is 22.9. The number of nitrogens with one attached hydrogen (secondary N) is 1. The van der Waals surface area contributed by atoms with Gasteiger partial charge >= 0.3 is 6.03 Å². The van der Waals surface area contributed by atoms with Gasteiger partial charge in [0.2, 0.25) is 5.91 Å². The summed E-state index contributed by atoms with van der Waals surface area (Å²) in [6.45, 7) is 1.53. The number of nitrogens with zero attached hydrogens (tertiary/aromatic N) is 2. The van der Waals surface area contributed by atoms with E-state index in [1.807, 2.05) is 42.5 Å². The Morgan fingerprint density at radius 1 is 1.03 bits per heavy atom. The first-order valence-corrected chi connectivity index (χ1v) is 11.0. The number of urea groups is 1. The predicted octanol–water partition coefficient (Wildman–Crippen LogP) is 3.80. The van der Waals surface area contributed by atoms with Crippen molar-refractivity contribution in [3.63, 3.8) is 0 Å². The molecule has 31 heavy (non-hydrogen) atoms. The molecule has 1 fully saturated rings. The molecule has 0 spiro atoms. The fourth-order valence-electron chi connectivity index (χ4n) is 3.86. The van der Waals surface area contributed by atoms with Crippen molar-refractivity contribution in [2.45, 2.75) is 51.2 Å². The van der Waals surface area contributed by atoms with Crippen LogP contribution in [0.1, 0.15) is 43.4 Å². The van der Waals surface area contributed by atoms with Crippen LogP contribution >= 0.6 is 0 Å². The molecule has 0 saturated heterocycles. The molecule has 1 aliphatic rings. The molecule has 0 unspecified atom stereocenters. The lowest BCUT2D eigenvalue weighted by atomic mass is 9.96. The molecule has 1 N–H and O–H groups in total. The number of amides is 3.